The summed E-state index contributed by atoms with van der Waals surface area (Å²) in [6, 6.07) is 22.7. The minimum absolute atomic E-state index is 0.0135. The second kappa shape index (κ2) is 14.4. The first kappa shape index (κ1) is 31.8. The number of benzene rings is 4. The number of nitrogens with one attached hydrogen (secondary N) is 2. The van der Waals surface area contributed by atoms with Crippen molar-refractivity contribution in [1.29, 1.82) is 0 Å². The number of ether oxygens (including phenoxy) is 3. The molecule has 4 rings (SSSR count). The summed E-state index contributed by atoms with van der Waals surface area (Å²) in [6.45, 7) is 3.82. The summed E-state index contributed by atoms with van der Waals surface area (Å²) in [4.78, 5) is 73.0. The molecule has 11 nitrogen and oxygen atoms in total. The van der Waals surface area contributed by atoms with Crippen LogP contribution in [0, 0.1) is 0 Å². The van der Waals surface area contributed by atoms with E-state index < -0.39 is 29.7 Å². The van der Waals surface area contributed by atoms with Crippen molar-refractivity contribution in [3.05, 3.63) is 113 Å². The molecule has 0 bridgehead atoms. The quantitative estimate of drug-likeness (QED) is 0.137. The fraction of sp³-hybridized carbons (Fsp3) is 0.118. The normalized spacial score (nSPS) is 10.3. The second-order valence-electron chi connectivity index (χ2n) is 9.78. The van der Waals surface area contributed by atoms with Crippen molar-refractivity contribution in [2.75, 3.05) is 10.6 Å². The molecule has 0 aromatic heterocycles. The number of rotatable bonds is 10. The summed E-state index contributed by atoms with van der Waals surface area (Å²) in [5.41, 5.74) is 1.85. The number of anilines is 2. The molecule has 4 aromatic rings. The topological polar surface area (TPSA) is 154 Å². The number of hydrogen-bond donors (Lipinski definition) is 2. The van der Waals surface area contributed by atoms with Gasteiger partial charge in [-0.15, -0.1) is 0 Å². The zero-order valence-corrected chi connectivity index (χ0v) is 24.5. The molecule has 0 aliphatic carbocycles. The van der Waals surface area contributed by atoms with Gasteiger partial charge in [0.1, 0.15) is 17.2 Å². The van der Waals surface area contributed by atoms with E-state index in [1.54, 1.807) is 24.3 Å². The number of Topliss-reactive ketones (excluding diaryl/α,β-unsaturated/α-hetero) is 1. The number of carbonyl (C=O) groups excluding carboxylic acids is 6. The maximum absolute atomic E-state index is 13.4. The number of hydrogen-bond acceptors (Lipinski definition) is 9. The predicted octanol–water partition coefficient (Wildman–Crippen LogP) is 5.39. The van der Waals surface area contributed by atoms with Crippen LogP contribution < -0.4 is 24.8 Å². The van der Waals surface area contributed by atoms with E-state index in [2.05, 4.69) is 10.6 Å². The van der Waals surface area contributed by atoms with Crippen LogP contribution in [0.1, 0.15) is 57.4 Å². The highest BCUT2D eigenvalue weighted by atomic mass is 16.5. The molecule has 0 fully saturated rings. The lowest BCUT2D eigenvalue weighted by molar-refractivity contribution is -0.132. The van der Waals surface area contributed by atoms with Crippen LogP contribution in [0.5, 0.6) is 17.2 Å². The molecule has 45 heavy (non-hydrogen) atoms. The minimum atomic E-state index is -0.506. The Bertz CT molecular complexity index is 1670. The van der Waals surface area contributed by atoms with Crippen molar-refractivity contribution < 1.29 is 43.0 Å². The van der Waals surface area contributed by atoms with E-state index in [-0.39, 0.29) is 51.8 Å². The molecule has 2 N–H and O–H groups in total. The second-order valence-corrected chi connectivity index (χ2v) is 9.78. The lowest BCUT2D eigenvalue weighted by Gasteiger charge is -2.13. The summed E-state index contributed by atoms with van der Waals surface area (Å²) in [5.74, 6) is -1.88. The van der Waals surface area contributed by atoms with Crippen LogP contribution in [-0.4, -0.2) is 35.5 Å². The van der Waals surface area contributed by atoms with Gasteiger partial charge in [-0.25, -0.2) is 0 Å². The third-order valence-electron chi connectivity index (χ3n) is 6.08. The third kappa shape index (κ3) is 9.45. The molecule has 228 valence electrons. The monoisotopic (exact) mass is 608 g/mol. The smallest absolute Gasteiger partial charge is 0.308 e. The predicted molar refractivity (Wildman–Crippen MR) is 164 cm³/mol. The molecule has 0 aliphatic heterocycles. The Morgan fingerprint density at radius 2 is 0.844 bits per heavy atom. The average molecular weight is 609 g/mol. The van der Waals surface area contributed by atoms with Gasteiger partial charge < -0.3 is 24.8 Å². The van der Waals surface area contributed by atoms with E-state index in [1.807, 2.05) is 0 Å². The fourth-order valence-corrected chi connectivity index (χ4v) is 4.15. The molecule has 0 unspecified atom stereocenters. The van der Waals surface area contributed by atoms with E-state index in [1.165, 1.54) is 87.5 Å². The van der Waals surface area contributed by atoms with Crippen molar-refractivity contribution in [2.24, 2.45) is 0 Å². The van der Waals surface area contributed by atoms with E-state index in [0.717, 1.165) is 0 Å². The van der Waals surface area contributed by atoms with Crippen molar-refractivity contribution in [1.82, 2.24) is 0 Å². The molecule has 4 aromatic carbocycles. The van der Waals surface area contributed by atoms with Crippen LogP contribution in [0.25, 0.3) is 0 Å². The zero-order valence-electron chi connectivity index (χ0n) is 24.5. The highest BCUT2D eigenvalue weighted by Crippen LogP contribution is 2.24. The maximum Gasteiger partial charge on any atom is 0.308 e. The molecule has 0 atom stereocenters. The van der Waals surface area contributed by atoms with Crippen molar-refractivity contribution >= 4 is 46.9 Å². The molecule has 11 heteroatoms. The molecule has 0 saturated carbocycles. The van der Waals surface area contributed by atoms with Gasteiger partial charge >= 0.3 is 17.9 Å². The first-order valence-electron chi connectivity index (χ1n) is 13.6. The van der Waals surface area contributed by atoms with Crippen LogP contribution in [-0.2, 0) is 20.8 Å². The van der Waals surface area contributed by atoms with E-state index in [9.17, 15) is 28.8 Å². The van der Waals surface area contributed by atoms with Gasteiger partial charge in [-0.2, -0.15) is 0 Å². The van der Waals surface area contributed by atoms with Gasteiger partial charge in [-0.05, 0) is 84.4 Å². The SMILES string of the molecule is CC(=O)Oc1ccc(CC(=O)c2cc(NC(=O)c3ccc(OC(C)=O)cc3)cc(NC(=O)c3ccc(OC(C)=O)cc3)c2)cc1. The fourth-order valence-electron chi connectivity index (χ4n) is 4.15. The van der Waals surface area contributed by atoms with Gasteiger partial charge in [-0.3, -0.25) is 28.8 Å². The summed E-state index contributed by atoms with van der Waals surface area (Å²) in [5, 5.41) is 5.47. The van der Waals surface area contributed by atoms with Crippen LogP contribution in [0.2, 0.25) is 0 Å². The number of esters is 3. The van der Waals surface area contributed by atoms with Gasteiger partial charge in [0.2, 0.25) is 0 Å². The van der Waals surface area contributed by atoms with E-state index in [0.29, 0.717) is 11.3 Å². The van der Waals surface area contributed by atoms with Crippen LogP contribution in [0.15, 0.2) is 91.0 Å². The summed E-state index contributed by atoms with van der Waals surface area (Å²) < 4.78 is 15.0. The first-order valence-corrected chi connectivity index (χ1v) is 13.6. The van der Waals surface area contributed by atoms with Gasteiger partial charge in [0.25, 0.3) is 11.8 Å². The van der Waals surface area contributed by atoms with Gasteiger partial charge in [0.05, 0.1) is 0 Å². The largest absolute Gasteiger partial charge is 0.427 e. The Morgan fingerprint density at radius 3 is 1.20 bits per heavy atom. The summed E-state index contributed by atoms with van der Waals surface area (Å²) in [6.07, 6.45) is -0.0135. The Labute approximate surface area is 258 Å². The number of amides is 2. The van der Waals surface area contributed by atoms with Crippen molar-refractivity contribution in [2.45, 2.75) is 27.2 Å². The maximum atomic E-state index is 13.4. The molecular weight excluding hydrogens is 580 g/mol. The molecule has 0 aliphatic rings. The lowest BCUT2D eigenvalue weighted by atomic mass is 10.0. The molecule has 0 saturated heterocycles. The molecule has 0 radical (unpaired) electrons. The van der Waals surface area contributed by atoms with Crippen LogP contribution in [0.4, 0.5) is 11.4 Å². The first-order chi connectivity index (χ1) is 21.4. The Hall–Kier alpha value is -6.10. The highest BCUT2D eigenvalue weighted by Gasteiger charge is 2.15. The molecule has 0 heterocycles. The number of carbonyl (C=O) groups is 6. The average Bonchev–Trinajstić information content (AvgIpc) is 2.98. The lowest BCUT2D eigenvalue weighted by Crippen LogP contribution is -2.15. The van der Waals surface area contributed by atoms with Crippen molar-refractivity contribution in [3.8, 4) is 17.2 Å². The van der Waals surface area contributed by atoms with Crippen molar-refractivity contribution in [3.63, 3.8) is 0 Å². The Kier molecular flexibility index (Phi) is 10.2. The van der Waals surface area contributed by atoms with E-state index in [4.69, 9.17) is 14.2 Å². The highest BCUT2D eigenvalue weighted by molar-refractivity contribution is 6.08. The Morgan fingerprint density at radius 1 is 0.489 bits per heavy atom. The third-order valence-corrected chi connectivity index (χ3v) is 6.08. The van der Waals surface area contributed by atoms with Gasteiger partial charge in [0, 0.05) is 55.3 Å². The number of ketones is 1. The standard InChI is InChI=1S/C34H28N2O9/c1-20(37)43-29-10-4-23(5-11-29)16-32(40)26-17-27(35-33(41)24-6-12-30(13-7-24)44-21(2)38)19-28(18-26)36-34(42)25-8-14-31(15-9-25)45-22(3)39/h4-15,17-19H,16H2,1-3H3,(H,35,41)(H,36,42). The van der Waals surface area contributed by atoms with Gasteiger partial charge in [0.15, 0.2) is 5.78 Å². The van der Waals surface area contributed by atoms with Crippen LogP contribution in [0.3, 0.4) is 0 Å². The molecule has 0 spiro atoms. The Balaban J connectivity index is 1.58. The van der Waals surface area contributed by atoms with E-state index >= 15 is 0 Å². The minimum Gasteiger partial charge on any atom is -0.427 e. The van der Waals surface area contributed by atoms with Crippen LogP contribution >= 0.6 is 0 Å². The molecular formula is C34H28N2O9. The molecule has 2 amide bonds. The summed E-state index contributed by atoms with van der Waals surface area (Å²) in [7, 11) is 0. The zero-order chi connectivity index (χ0) is 32.5. The van der Waals surface area contributed by atoms with Gasteiger partial charge in [-0.1, -0.05) is 12.1 Å². The summed E-state index contributed by atoms with van der Waals surface area (Å²) >= 11 is 0.